The van der Waals surface area contributed by atoms with Crippen LogP contribution in [0, 0.1) is 11.3 Å². The fraction of sp³-hybridized carbons (Fsp3) is 0.0769. The molecule has 0 saturated heterocycles. The molecule has 9 heteroatoms. The number of alkyl halides is 3. The number of furan rings is 1. The molecule has 6 nitrogen and oxygen atoms in total. The molecule has 3 aromatic heterocycles. The summed E-state index contributed by atoms with van der Waals surface area (Å²) in [6.45, 7) is 0. The molecule has 110 valence electrons. The van der Waals surface area contributed by atoms with E-state index in [9.17, 15) is 13.2 Å². The molecule has 3 aromatic rings. The first-order valence-electron chi connectivity index (χ1n) is 5.94. The molecule has 0 spiro atoms. The van der Waals surface area contributed by atoms with Crippen LogP contribution in [-0.2, 0) is 6.18 Å². The van der Waals surface area contributed by atoms with Crippen LogP contribution in [0.3, 0.4) is 0 Å². The van der Waals surface area contributed by atoms with Crippen LogP contribution in [0.15, 0.2) is 34.9 Å². The molecule has 0 unspecified atom stereocenters. The number of nitrogens with zero attached hydrogens (tertiary/aromatic N) is 4. The minimum atomic E-state index is -4.49. The molecule has 0 aromatic carbocycles. The fourth-order valence-electron chi connectivity index (χ4n) is 1.81. The molecular weight excluding hydrogens is 299 g/mol. The van der Waals surface area contributed by atoms with E-state index < -0.39 is 11.9 Å². The number of pyridine rings is 1. The maximum absolute atomic E-state index is 12.5. The Hall–Kier alpha value is -3.15. The van der Waals surface area contributed by atoms with Gasteiger partial charge in [0, 0.05) is 11.8 Å². The highest BCUT2D eigenvalue weighted by molar-refractivity contribution is 5.64. The van der Waals surface area contributed by atoms with Crippen molar-refractivity contribution in [1.29, 1.82) is 5.26 Å². The summed E-state index contributed by atoms with van der Waals surface area (Å²) in [7, 11) is 0. The minimum absolute atomic E-state index is 0.0615. The third-order valence-electron chi connectivity index (χ3n) is 2.83. The lowest BCUT2D eigenvalue weighted by atomic mass is 10.2. The number of aromatic amines is 1. The van der Waals surface area contributed by atoms with E-state index in [1.54, 1.807) is 12.1 Å². The lowest BCUT2D eigenvalue weighted by molar-refractivity contribution is -0.141. The van der Waals surface area contributed by atoms with E-state index >= 15 is 0 Å². The van der Waals surface area contributed by atoms with Gasteiger partial charge in [-0.25, -0.2) is 0 Å². The van der Waals surface area contributed by atoms with Crippen molar-refractivity contribution in [3.05, 3.63) is 41.9 Å². The van der Waals surface area contributed by atoms with E-state index in [0.29, 0.717) is 11.3 Å². The predicted octanol–water partition coefficient (Wildman–Crippen LogP) is 3.02. The second-order valence-corrected chi connectivity index (χ2v) is 4.23. The van der Waals surface area contributed by atoms with Crippen molar-refractivity contribution in [2.45, 2.75) is 6.18 Å². The summed E-state index contributed by atoms with van der Waals surface area (Å²) >= 11 is 0. The quantitative estimate of drug-likeness (QED) is 0.785. The van der Waals surface area contributed by atoms with Gasteiger partial charge in [-0.15, -0.1) is 5.10 Å². The number of hydrogen-bond donors (Lipinski definition) is 1. The minimum Gasteiger partial charge on any atom is -0.454 e. The first-order chi connectivity index (χ1) is 10.5. The first kappa shape index (κ1) is 13.8. The van der Waals surface area contributed by atoms with Crippen LogP contribution in [0.4, 0.5) is 13.2 Å². The summed E-state index contributed by atoms with van der Waals surface area (Å²) < 4.78 is 42.9. The van der Waals surface area contributed by atoms with Gasteiger partial charge in [0.25, 0.3) is 0 Å². The molecule has 3 rings (SSSR count). The van der Waals surface area contributed by atoms with Crippen molar-refractivity contribution in [3.63, 3.8) is 0 Å². The van der Waals surface area contributed by atoms with Gasteiger partial charge in [-0.2, -0.15) is 28.7 Å². The van der Waals surface area contributed by atoms with Crippen LogP contribution >= 0.6 is 0 Å². The maximum Gasteiger partial charge on any atom is 0.433 e. The van der Waals surface area contributed by atoms with Crippen molar-refractivity contribution in [2.75, 3.05) is 0 Å². The number of nitriles is 1. The maximum atomic E-state index is 12.5. The van der Waals surface area contributed by atoms with E-state index in [-0.39, 0.29) is 17.1 Å². The Morgan fingerprint density at radius 2 is 1.86 bits per heavy atom. The fourth-order valence-corrected chi connectivity index (χ4v) is 1.81. The van der Waals surface area contributed by atoms with Crippen molar-refractivity contribution >= 4 is 0 Å². The molecule has 0 bridgehead atoms. The Kier molecular flexibility index (Phi) is 3.14. The summed E-state index contributed by atoms with van der Waals surface area (Å²) in [5.74, 6) is 0.586. The first-order valence-corrected chi connectivity index (χ1v) is 5.94. The number of hydrogen-bond acceptors (Lipinski definition) is 5. The van der Waals surface area contributed by atoms with Crippen molar-refractivity contribution in [2.24, 2.45) is 0 Å². The molecule has 22 heavy (non-hydrogen) atoms. The summed E-state index contributed by atoms with van der Waals surface area (Å²) in [6.07, 6.45) is -3.42. The Bertz CT molecular complexity index is 842. The molecule has 1 N–H and O–H groups in total. The van der Waals surface area contributed by atoms with E-state index in [4.69, 9.17) is 9.68 Å². The lowest BCUT2D eigenvalue weighted by Gasteiger charge is -2.05. The van der Waals surface area contributed by atoms with E-state index in [1.165, 1.54) is 6.07 Å². The Morgan fingerprint density at radius 3 is 2.50 bits per heavy atom. The van der Waals surface area contributed by atoms with E-state index in [0.717, 1.165) is 12.3 Å². The zero-order valence-corrected chi connectivity index (χ0v) is 10.7. The second kappa shape index (κ2) is 5.00. The van der Waals surface area contributed by atoms with Gasteiger partial charge >= 0.3 is 6.18 Å². The molecule has 0 fully saturated rings. The molecule has 0 saturated carbocycles. The lowest BCUT2D eigenvalue weighted by Crippen LogP contribution is -2.07. The van der Waals surface area contributed by atoms with Gasteiger partial charge in [0.15, 0.2) is 17.1 Å². The third-order valence-corrected chi connectivity index (χ3v) is 2.83. The molecule has 0 aliphatic rings. The van der Waals surface area contributed by atoms with E-state index in [1.807, 2.05) is 6.07 Å². The summed E-state index contributed by atoms with van der Waals surface area (Å²) in [6, 6.07) is 7.07. The van der Waals surface area contributed by atoms with Gasteiger partial charge < -0.3 is 4.42 Å². The van der Waals surface area contributed by atoms with Crippen molar-refractivity contribution < 1.29 is 17.6 Å². The highest BCUT2D eigenvalue weighted by Gasteiger charge is 2.32. The Labute approximate surface area is 121 Å². The van der Waals surface area contributed by atoms with Crippen molar-refractivity contribution in [1.82, 2.24) is 20.4 Å². The number of rotatable bonds is 2. The number of aromatic nitrogens is 4. The van der Waals surface area contributed by atoms with Gasteiger partial charge in [0.2, 0.25) is 0 Å². The number of H-pyrrole nitrogens is 1. The standard InChI is InChI=1S/C13H6F3N5O/c14-13(15,16)11-4-1-7(6-18-11)9-2-3-10(22-9)12-8(5-17)19-21-20-12/h1-4,6H,(H,19,20,21). The van der Waals surface area contributed by atoms with Crippen LogP contribution in [0.2, 0.25) is 0 Å². The van der Waals surface area contributed by atoms with Gasteiger partial charge in [-0.05, 0) is 24.3 Å². The monoisotopic (exact) mass is 305 g/mol. The Morgan fingerprint density at radius 1 is 1.09 bits per heavy atom. The van der Waals surface area contributed by atoms with Crippen LogP contribution in [0.5, 0.6) is 0 Å². The summed E-state index contributed by atoms with van der Waals surface area (Å²) in [5.41, 5.74) is -0.312. The van der Waals surface area contributed by atoms with Crippen LogP contribution in [-0.4, -0.2) is 20.4 Å². The number of halogens is 3. The smallest absolute Gasteiger partial charge is 0.433 e. The second-order valence-electron chi connectivity index (χ2n) is 4.23. The number of nitrogens with one attached hydrogen (secondary N) is 1. The van der Waals surface area contributed by atoms with Crippen LogP contribution in [0.1, 0.15) is 11.4 Å². The van der Waals surface area contributed by atoms with Crippen LogP contribution in [0.25, 0.3) is 22.8 Å². The largest absolute Gasteiger partial charge is 0.454 e. The summed E-state index contributed by atoms with van der Waals surface area (Å²) in [4.78, 5) is 3.36. The molecule has 0 aliphatic heterocycles. The van der Waals surface area contributed by atoms with Gasteiger partial charge in [-0.1, -0.05) is 0 Å². The molecular formula is C13H6F3N5O. The zero-order valence-electron chi connectivity index (χ0n) is 10.7. The normalized spacial score (nSPS) is 11.4. The van der Waals surface area contributed by atoms with Gasteiger partial charge in [0.1, 0.15) is 17.5 Å². The average molecular weight is 305 g/mol. The Balaban J connectivity index is 1.93. The SMILES string of the molecule is N#Cc1n[nH]nc1-c1ccc(-c2ccc(C(F)(F)F)nc2)o1. The molecule has 0 amide bonds. The van der Waals surface area contributed by atoms with Gasteiger partial charge in [-0.3, -0.25) is 4.98 Å². The molecule has 0 atom stereocenters. The van der Waals surface area contributed by atoms with Gasteiger partial charge in [0.05, 0.1) is 0 Å². The van der Waals surface area contributed by atoms with E-state index in [2.05, 4.69) is 20.4 Å². The van der Waals surface area contributed by atoms with Crippen molar-refractivity contribution in [3.8, 4) is 28.8 Å². The summed E-state index contributed by atoms with van der Waals surface area (Å²) in [5, 5.41) is 18.6. The highest BCUT2D eigenvalue weighted by Crippen LogP contribution is 2.31. The predicted molar refractivity (Wildman–Crippen MR) is 67.0 cm³/mol. The highest BCUT2D eigenvalue weighted by atomic mass is 19.4. The topological polar surface area (TPSA) is 91.4 Å². The average Bonchev–Trinajstić information content (AvgIpc) is 3.15. The molecule has 0 radical (unpaired) electrons. The third kappa shape index (κ3) is 2.42. The molecule has 3 heterocycles. The van der Waals surface area contributed by atoms with Crippen LogP contribution < -0.4 is 0 Å². The zero-order chi connectivity index (χ0) is 15.7. The molecule has 0 aliphatic carbocycles.